The Labute approximate surface area is 273 Å². The Hall–Kier alpha value is -5.16. The van der Waals surface area contributed by atoms with Crippen LogP contribution in [0.15, 0.2) is 73.1 Å². The van der Waals surface area contributed by atoms with E-state index in [2.05, 4.69) is 47.8 Å². The summed E-state index contributed by atoms with van der Waals surface area (Å²) in [5.74, 6) is 0.707. The van der Waals surface area contributed by atoms with E-state index >= 15 is 0 Å². The topological polar surface area (TPSA) is 152 Å². The molecule has 1 aromatic heterocycles. The van der Waals surface area contributed by atoms with Crippen molar-refractivity contribution in [3.63, 3.8) is 0 Å². The van der Waals surface area contributed by atoms with Crippen molar-refractivity contribution in [2.75, 3.05) is 29.9 Å². The molecule has 11 heteroatoms. The Morgan fingerprint density at radius 1 is 1.11 bits per heavy atom. The second-order valence-corrected chi connectivity index (χ2v) is 12.3. The monoisotopic (exact) mass is 636 g/mol. The molecule has 0 saturated heterocycles. The van der Waals surface area contributed by atoms with Gasteiger partial charge in [-0.2, -0.15) is 5.10 Å². The van der Waals surface area contributed by atoms with Gasteiger partial charge >= 0.3 is 12.0 Å². The van der Waals surface area contributed by atoms with E-state index in [9.17, 15) is 14.4 Å². The quantitative estimate of drug-likeness (QED) is 0.159. The van der Waals surface area contributed by atoms with Crippen LogP contribution in [-0.4, -0.2) is 58.5 Å². The fourth-order valence-electron chi connectivity index (χ4n) is 6.29. The van der Waals surface area contributed by atoms with E-state index in [0.29, 0.717) is 43.5 Å². The smallest absolute Gasteiger partial charge is 0.327 e. The van der Waals surface area contributed by atoms with Gasteiger partial charge < -0.3 is 31.1 Å². The number of benzene rings is 3. The number of carbonyl (C=O) groups excluding carboxylic acids is 2. The summed E-state index contributed by atoms with van der Waals surface area (Å²) >= 11 is 0. The third-order valence-electron chi connectivity index (χ3n) is 9.05. The minimum absolute atomic E-state index is 0.123. The fourth-order valence-corrected chi connectivity index (χ4v) is 6.29. The lowest BCUT2D eigenvalue weighted by Gasteiger charge is -2.30. The Balaban J connectivity index is 1.11. The number of aryl methyl sites for hydroxylation is 1. The largest absolute Gasteiger partial charge is 0.493 e. The van der Waals surface area contributed by atoms with E-state index < -0.39 is 18.0 Å². The molecule has 1 saturated carbocycles. The maximum Gasteiger partial charge on any atom is 0.327 e. The van der Waals surface area contributed by atoms with Crippen LogP contribution >= 0.6 is 0 Å². The number of anilines is 2. The number of nitrogens with zero attached hydrogens (tertiary/aromatic N) is 3. The first kappa shape index (κ1) is 31.8. The summed E-state index contributed by atoms with van der Waals surface area (Å²) < 4.78 is 7.84. The molecule has 244 valence electrons. The van der Waals surface area contributed by atoms with Gasteiger partial charge in [-0.1, -0.05) is 36.4 Å². The molecule has 0 spiro atoms. The number of urea groups is 1. The van der Waals surface area contributed by atoms with Crippen LogP contribution in [0.1, 0.15) is 47.4 Å². The van der Waals surface area contributed by atoms with Crippen LogP contribution in [-0.2, 0) is 16.1 Å². The second-order valence-electron chi connectivity index (χ2n) is 12.3. The predicted molar refractivity (Wildman–Crippen MR) is 180 cm³/mol. The molecule has 0 bridgehead atoms. The van der Waals surface area contributed by atoms with Crippen molar-refractivity contribution in [3.8, 4) is 16.9 Å². The van der Waals surface area contributed by atoms with Crippen molar-refractivity contribution >= 4 is 29.3 Å². The normalized spacial score (nSPS) is 16.9. The van der Waals surface area contributed by atoms with E-state index in [4.69, 9.17) is 15.6 Å². The van der Waals surface area contributed by atoms with Gasteiger partial charge in [0.25, 0.3) is 0 Å². The van der Waals surface area contributed by atoms with Crippen molar-refractivity contribution in [2.45, 2.75) is 51.6 Å². The highest BCUT2D eigenvalue weighted by Crippen LogP contribution is 2.57. The van der Waals surface area contributed by atoms with Crippen LogP contribution in [0.2, 0.25) is 0 Å². The first-order valence-corrected chi connectivity index (χ1v) is 16.0. The van der Waals surface area contributed by atoms with Gasteiger partial charge in [0.2, 0.25) is 5.91 Å². The van der Waals surface area contributed by atoms with Crippen LogP contribution in [0.25, 0.3) is 11.1 Å². The molecule has 1 aliphatic carbocycles. The van der Waals surface area contributed by atoms with Gasteiger partial charge in [-0.15, -0.1) is 0 Å². The van der Waals surface area contributed by atoms with Crippen LogP contribution in [0.5, 0.6) is 5.75 Å². The van der Waals surface area contributed by atoms with Crippen LogP contribution in [0, 0.1) is 19.8 Å². The second kappa shape index (κ2) is 13.7. The van der Waals surface area contributed by atoms with E-state index in [1.54, 1.807) is 6.07 Å². The van der Waals surface area contributed by atoms with Gasteiger partial charge in [0, 0.05) is 42.6 Å². The molecular formula is C36H40N6O5. The molecule has 1 fully saturated rings. The van der Waals surface area contributed by atoms with Gasteiger partial charge in [0.15, 0.2) is 0 Å². The maximum absolute atomic E-state index is 13.5. The number of aromatic nitrogens is 2. The van der Waals surface area contributed by atoms with Crippen molar-refractivity contribution in [1.82, 2.24) is 15.1 Å². The number of aliphatic carboxylic acids is 1. The number of hydrogen-bond acceptors (Lipinski definition) is 6. The number of carboxylic acid groups (broad SMARTS) is 1. The molecule has 2 aliphatic rings. The van der Waals surface area contributed by atoms with Gasteiger partial charge in [-0.25, -0.2) is 9.59 Å². The van der Waals surface area contributed by atoms with E-state index in [-0.39, 0.29) is 12.5 Å². The summed E-state index contributed by atoms with van der Waals surface area (Å²) in [7, 11) is 0. The fraction of sp³-hybridized carbons (Fsp3) is 0.333. The molecule has 3 atom stereocenters. The number of ether oxygens (including phenoxy) is 1. The predicted octanol–water partition coefficient (Wildman–Crippen LogP) is 5.06. The third-order valence-corrected chi connectivity index (χ3v) is 9.05. The van der Waals surface area contributed by atoms with Gasteiger partial charge in [-0.3, -0.25) is 9.48 Å². The number of carbonyl (C=O) groups is 3. The number of fused-ring (bicyclic) bond motifs is 3. The number of nitrogens with two attached hydrogens (primary N) is 1. The molecule has 2 heterocycles. The summed E-state index contributed by atoms with van der Waals surface area (Å²) in [4.78, 5) is 38.9. The first-order chi connectivity index (χ1) is 22.7. The number of hydrogen-bond donors (Lipinski definition) is 4. The van der Waals surface area contributed by atoms with Gasteiger partial charge in [-0.05, 0) is 90.6 Å². The molecule has 4 aromatic rings. The molecule has 1 aliphatic heterocycles. The lowest BCUT2D eigenvalue weighted by molar-refractivity contribution is -0.138. The summed E-state index contributed by atoms with van der Waals surface area (Å²) in [6, 6.07) is 17.7. The first-order valence-electron chi connectivity index (χ1n) is 16.0. The Bertz CT molecular complexity index is 1800. The van der Waals surface area contributed by atoms with Crippen molar-refractivity contribution < 1.29 is 24.2 Å². The van der Waals surface area contributed by atoms with Crippen LogP contribution in [0.3, 0.4) is 0 Å². The number of carboxylic acids is 1. The van der Waals surface area contributed by atoms with Crippen molar-refractivity contribution in [2.24, 2.45) is 11.7 Å². The average molecular weight is 637 g/mol. The zero-order valence-corrected chi connectivity index (χ0v) is 26.6. The molecule has 6 rings (SSSR count). The standard InChI is InChI=1S/C36H40N6O5/c1-22-7-3-12-32(23(22)2)47-14-6-13-33(43)42-21-25-16-29(25)34-28(10-5-11-31(34)42)26-18-38-41(20-26)19-24-8-4-9-27(15-24)39-36(46)40-30(17-37)35(44)45/h3-5,7-12,15,18,20,25,29-30H,6,13-14,16-17,19,21,37H2,1-2H3,(H,44,45)(H2,39,40,46)/t25-,29-,30?/m0/s1. The summed E-state index contributed by atoms with van der Waals surface area (Å²) in [6.45, 7) is 5.62. The Kier molecular flexibility index (Phi) is 9.26. The van der Waals surface area contributed by atoms with Crippen LogP contribution in [0.4, 0.5) is 16.2 Å². The summed E-state index contributed by atoms with van der Waals surface area (Å²) in [6.07, 6.45) is 6.00. The minimum atomic E-state index is -1.20. The molecule has 3 amide bonds. The highest BCUT2D eigenvalue weighted by Gasteiger charge is 2.47. The minimum Gasteiger partial charge on any atom is -0.493 e. The van der Waals surface area contributed by atoms with Crippen LogP contribution < -0.4 is 26.0 Å². The average Bonchev–Trinajstić information content (AvgIpc) is 3.71. The Morgan fingerprint density at radius 2 is 1.91 bits per heavy atom. The Morgan fingerprint density at radius 3 is 2.72 bits per heavy atom. The number of rotatable bonds is 12. The molecule has 11 nitrogen and oxygen atoms in total. The van der Waals surface area contributed by atoms with Gasteiger partial charge in [0.05, 0.1) is 19.3 Å². The molecular weight excluding hydrogens is 596 g/mol. The van der Waals surface area contributed by atoms with Crippen molar-refractivity contribution in [3.05, 3.63) is 95.3 Å². The van der Waals surface area contributed by atoms with E-state index in [0.717, 1.165) is 46.7 Å². The molecule has 1 unspecified atom stereocenters. The molecule has 5 N–H and O–H groups in total. The maximum atomic E-state index is 13.5. The SMILES string of the molecule is Cc1cccc(OCCCC(=O)N2C[C@@H]3C[C@@H]3c3c(-c4cnn(Cc5cccc(NC(=O)NC(CN)C(=O)O)c5)c4)cccc32)c1C. The highest BCUT2D eigenvalue weighted by atomic mass is 16.5. The zero-order valence-electron chi connectivity index (χ0n) is 26.6. The third kappa shape index (κ3) is 7.15. The van der Waals surface area contributed by atoms with Crippen molar-refractivity contribution in [1.29, 1.82) is 0 Å². The lowest BCUT2D eigenvalue weighted by atomic mass is 9.92. The summed E-state index contributed by atoms with van der Waals surface area (Å²) in [5.41, 5.74) is 13.5. The van der Waals surface area contributed by atoms with Gasteiger partial charge in [0.1, 0.15) is 11.8 Å². The molecule has 0 radical (unpaired) electrons. The lowest BCUT2D eigenvalue weighted by Crippen LogP contribution is -2.47. The molecule has 3 aromatic carbocycles. The van der Waals surface area contributed by atoms with E-state index in [1.807, 2.05) is 58.4 Å². The molecule has 47 heavy (non-hydrogen) atoms. The highest BCUT2D eigenvalue weighted by molar-refractivity contribution is 5.97. The zero-order chi connectivity index (χ0) is 33.1. The summed E-state index contributed by atoms with van der Waals surface area (Å²) in [5, 5.41) is 18.8. The number of nitrogens with one attached hydrogen (secondary N) is 2. The number of amides is 3. The van der Waals surface area contributed by atoms with E-state index in [1.165, 1.54) is 11.1 Å².